The molecule has 0 saturated heterocycles. The van der Waals surface area contributed by atoms with Crippen molar-refractivity contribution in [3.05, 3.63) is 28.8 Å². The average Bonchev–Trinajstić information content (AvgIpc) is 2.40. The van der Waals surface area contributed by atoms with Gasteiger partial charge in [0, 0.05) is 13.1 Å². The maximum absolute atomic E-state index is 12.0. The third-order valence-electron chi connectivity index (χ3n) is 2.97. The third-order valence-corrected chi connectivity index (χ3v) is 3.40. The number of rotatable bonds is 7. The van der Waals surface area contributed by atoms with Crippen LogP contribution in [0.5, 0.6) is 0 Å². The van der Waals surface area contributed by atoms with Crippen LogP contribution in [0, 0.1) is 0 Å². The normalized spacial score (nSPS) is 10.7. The van der Waals surface area contributed by atoms with E-state index in [-0.39, 0.29) is 5.91 Å². The Morgan fingerprint density at radius 1 is 1.37 bits per heavy atom. The number of nitrogens with two attached hydrogens (primary N) is 1. The summed E-state index contributed by atoms with van der Waals surface area (Å²) in [7, 11) is 0. The number of carbonyl (C=O) groups excluding carboxylic acids is 1. The molecule has 0 aliphatic carbocycles. The standard InChI is InChI=1S/C14H22ClN3O/c1-3-9-18(4-2)10-8-17-14(19)11-6-5-7-12(16)13(11)15/h5-7H,3-4,8-10,16H2,1-2H3,(H,17,19). The topological polar surface area (TPSA) is 58.4 Å². The zero-order valence-electron chi connectivity index (χ0n) is 11.6. The minimum atomic E-state index is -0.176. The summed E-state index contributed by atoms with van der Waals surface area (Å²) in [5, 5.41) is 3.19. The van der Waals surface area contributed by atoms with Crippen molar-refractivity contribution in [3.63, 3.8) is 0 Å². The molecule has 0 aliphatic heterocycles. The summed E-state index contributed by atoms with van der Waals surface area (Å²) < 4.78 is 0. The molecule has 0 unspecified atom stereocenters. The fraction of sp³-hybridized carbons (Fsp3) is 0.500. The zero-order valence-corrected chi connectivity index (χ0v) is 12.3. The van der Waals surface area contributed by atoms with Gasteiger partial charge in [0.1, 0.15) is 0 Å². The van der Waals surface area contributed by atoms with Crippen molar-refractivity contribution in [3.8, 4) is 0 Å². The van der Waals surface area contributed by atoms with Crippen molar-refractivity contribution in [1.29, 1.82) is 0 Å². The van der Waals surface area contributed by atoms with Crippen molar-refractivity contribution >= 4 is 23.2 Å². The average molecular weight is 284 g/mol. The Balaban J connectivity index is 2.49. The van der Waals surface area contributed by atoms with Crippen molar-refractivity contribution in [2.75, 3.05) is 31.9 Å². The van der Waals surface area contributed by atoms with Crippen LogP contribution >= 0.6 is 11.6 Å². The minimum absolute atomic E-state index is 0.176. The molecule has 1 amide bonds. The Kier molecular flexibility index (Phi) is 6.67. The lowest BCUT2D eigenvalue weighted by molar-refractivity contribution is 0.0949. The highest BCUT2D eigenvalue weighted by atomic mass is 35.5. The smallest absolute Gasteiger partial charge is 0.252 e. The van der Waals surface area contributed by atoms with Crippen LogP contribution in [0.25, 0.3) is 0 Å². The third kappa shape index (κ3) is 4.73. The molecular weight excluding hydrogens is 262 g/mol. The maximum atomic E-state index is 12.0. The highest BCUT2D eigenvalue weighted by Crippen LogP contribution is 2.22. The molecule has 0 fully saturated rings. The molecule has 0 aliphatic rings. The first-order valence-corrected chi connectivity index (χ1v) is 7.02. The van der Waals surface area contributed by atoms with Crippen LogP contribution in [0.3, 0.4) is 0 Å². The Morgan fingerprint density at radius 2 is 2.11 bits per heavy atom. The van der Waals surface area contributed by atoms with Gasteiger partial charge in [0.25, 0.3) is 5.91 Å². The quantitative estimate of drug-likeness (QED) is 0.756. The largest absolute Gasteiger partial charge is 0.398 e. The van der Waals surface area contributed by atoms with Crippen molar-refractivity contribution in [2.45, 2.75) is 20.3 Å². The fourth-order valence-corrected chi connectivity index (χ4v) is 2.10. The first kappa shape index (κ1) is 15.8. The summed E-state index contributed by atoms with van der Waals surface area (Å²) in [5.74, 6) is -0.176. The summed E-state index contributed by atoms with van der Waals surface area (Å²) >= 11 is 6.01. The number of hydrogen-bond donors (Lipinski definition) is 2. The van der Waals surface area contributed by atoms with E-state index in [1.165, 1.54) is 0 Å². The molecule has 1 rings (SSSR count). The molecule has 0 heterocycles. The number of likely N-dealkylation sites (N-methyl/N-ethyl adjacent to an activating group) is 1. The molecule has 19 heavy (non-hydrogen) atoms. The van der Waals surface area contributed by atoms with E-state index in [4.69, 9.17) is 17.3 Å². The van der Waals surface area contributed by atoms with Crippen LogP contribution in [0.15, 0.2) is 18.2 Å². The second-order valence-corrected chi connectivity index (χ2v) is 4.78. The van der Waals surface area contributed by atoms with Crippen LogP contribution in [-0.4, -0.2) is 37.0 Å². The van der Waals surface area contributed by atoms with Crippen LogP contribution < -0.4 is 11.1 Å². The predicted molar refractivity (Wildman–Crippen MR) is 80.6 cm³/mol. The predicted octanol–water partition coefficient (Wildman–Crippen LogP) is 2.38. The van der Waals surface area contributed by atoms with Gasteiger partial charge in [-0.3, -0.25) is 4.79 Å². The van der Waals surface area contributed by atoms with Gasteiger partial charge in [-0.2, -0.15) is 0 Å². The Labute approximate surface area is 119 Å². The summed E-state index contributed by atoms with van der Waals surface area (Å²) in [6.45, 7) is 7.75. The maximum Gasteiger partial charge on any atom is 0.252 e. The molecule has 0 bridgehead atoms. The number of hydrogen-bond acceptors (Lipinski definition) is 3. The van der Waals surface area contributed by atoms with Gasteiger partial charge >= 0.3 is 0 Å². The number of amides is 1. The molecule has 0 atom stereocenters. The van der Waals surface area contributed by atoms with Gasteiger partial charge in [-0.25, -0.2) is 0 Å². The molecule has 1 aromatic carbocycles. The van der Waals surface area contributed by atoms with Crippen LogP contribution in [0.1, 0.15) is 30.6 Å². The van der Waals surface area contributed by atoms with Gasteiger partial charge in [0.2, 0.25) is 0 Å². The van der Waals surface area contributed by atoms with Gasteiger partial charge in [0.15, 0.2) is 0 Å². The summed E-state index contributed by atoms with van der Waals surface area (Å²) in [5.41, 5.74) is 6.53. The van der Waals surface area contributed by atoms with Gasteiger partial charge in [-0.05, 0) is 31.6 Å². The molecule has 4 nitrogen and oxygen atoms in total. The van der Waals surface area contributed by atoms with E-state index in [9.17, 15) is 4.79 Å². The van der Waals surface area contributed by atoms with E-state index < -0.39 is 0 Å². The summed E-state index contributed by atoms with van der Waals surface area (Å²) in [4.78, 5) is 14.3. The number of nitrogens with one attached hydrogen (secondary N) is 1. The van der Waals surface area contributed by atoms with Gasteiger partial charge in [-0.15, -0.1) is 0 Å². The van der Waals surface area contributed by atoms with Gasteiger partial charge < -0.3 is 16.0 Å². The Morgan fingerprint density at radius 3 is 2.74 bits per heavy atom. The monoisotopic (exact) mass is 283 g/mol. The lowest BCUT2D eigenvalue weighted by Crippen LogP contribution is -2.35. The molecule has 0 saturated carbocycles. The van der Waals surface area contributed by atoms with Gasteiger partial charge in [0.05, 0.1) is 16.3 Å². The van der Waals surface area contributed by atoms with Gasteiger partial charge in [-0.1, -0.05) is 31.5 Å². The first-order chi connectivity index (χ1) is 9.10. The van der Waals surface area contributed by atoms with E-state index in [1.807, 2.05) is 0 Å². The SMILES string of the molecule is CCCN(CC)CCNC(=O)c1cccc(N)c1Cl. The highest BCUT2D eigenvalue weighted by Gasteiger charge is 2.11. The number of carbonyl (C=O) groups is 1. The van der Waals surface area contributed by atoms with Crippen LogP contribution in [-0.2, 0) is 0 Å². The van der Waals surface area contributed by atoms with Crippen molar-refractivity contribution in [1.82, 2.24) is 10.2 Å². The van der Waals surface area contributed by atoms with Crippen molar-refractivity contribution in [2.24, 2.45) is 0 Å². The lowest BCUT2D eigenvalue weighted by atomic mass is 10.2. The minimum Gasteiger partial charge on any atom is -0.398 e. The molecule has 0 aromatic heterocycles. The molecular formula is C14H22ClN3O. The molecule has 106 valence electrons. The Hall–Kier alpha value is -1.26. The Bertz CT molecular complexity index is 423. The second kappa shape index (κ2) is 8.02. The van der Waals surface area contributed by atoms with E-state index in [2.05, 4.69) is 24.1 Å². The van der Waals surface area contributed by atoms with Crippen LogP contribution in [0.2, 0.25) is 5.02 Å². The summed E-state index contributed by atoms with van der Waals surface area (Å²) in [6.07, 6.45) is 1.11. The first-order valence-electron chi connectivity index (χ1n) is 6.64. The number of halogens is 1. The number of anilines is 1. The lowest BCUT2D eigenvalue weighted by Gasteiger charge is -2.19. The van der Waals surface area contributed by atoms with E-state index in [0.717, 1.165) is 26.1 Å². The number of benzene rings is 1. The van der Waals surface area contributed by atoms with Crippen molar-refractivity contribution < 1.29 is 4.79 Å². The second-order valence-electron chi connectivity index (χ2n) is 4.40. The molecule has 3 N–H and O–H groups in total. The molecule has 5 heteroatoms. The molecule has 1 aromatic rings. The number of nitrogens with zero attached hydrogens (tertiary/aromatic N) is 1. The highest BCUT2D eigenvalue weighted by molar-refractivity contribution is 6.36. The number of nitrogen functional groups attached to an aromatic ring is 1. The van der Waals surface area contributed by atoms with E-state index >= 15 is 0 Å². The zero-order chi connectivity index (χ0) is 14.3. The molecule has 0 spiro atoms. The van der Waals surface area contributed by atoms with E-state index in [1.54, 1.807) is 18.2 Å². The fourth-order valence-electron chi connectivity index (χ4n) is 1.89. The summed E-state index contributed by atoms with van der Waals surface area (Å²) in [6, 6.07) is 5.09. The van der Waals surface area contributed by atoms with Crippen LogP contribution in [0.4, 0.5) is 5.69 Å². The molecule has 0 radical (unpaired) electrons. The van der Waals surface area contributed by atoms with E-state index in [0.29, 0.717) is 22.8 Å².